The predicted molar refractivity (Wildman–Crippen MR) is 110 cm³/mol. The average Bonchev–Trinajstić information content (AvgIpc) is 2.73. The lowest BCUT2D eigenvalue weighted by Gasteiger charge is -2.11. The molecule has 142 valence electrons. The normalized spacial score (nSPS) is 10.4. The number of benzene rings is 2. The number of pyridine rings is 1. The largest absolute Gasteiger partial charge is 0.348 e. The summed E-state index contributed by atoms with van der Waals surface area (Å²) in [5, 5.41) is 3.59. The SMILES string of the molecule is CN(C)C(=O)c1ccc(CNC(=O)c2cccnc2Sc2ccccc2)cc1. The zero-order chi connectivity index (χ0) is 19.9. The van der Waals surface area contributed by atoms with E-state index in [0.717, 1.165) is 10.5 Å². The van der Waals surface area contributed by atoms with E-state index in [1.165, 1.54) is 16.7 Å². The number of hydrogen-bond acceptors (Lipinski definition) is 4. The van der Waals surface area contributed by atoms with Gasteiger partial charge in [-0.3, -0.25) is 9.59 Å². The standard InChI is InChI=1S/C22H21N3O2S/c1-25(2)22(27)17-12-10-16(11-13-17)15-24-20(26)19-9-6-14-23-21(19)28-18-7-4-3-5-8-18/h3-14H,15H2,1-2H3,(H,24,26). The van der Waals surface area contributed by atoms with Gasteiger partial charge in [0.25, 0.3) is 11.8 Å². The lowest BCUT2D eigenvalue weighted by molar-refractivity contribution is 0.0827. The molecule has 6 heteroatoms. The van der Waals surface area contributed by atoms with Crippen LogP contribution in [0.15, 0.2) is 82.8 Å². The van der Waals surface area contributed by atoms with E-state index in [4.69, 9.17) is 0 Å². The van der Waals surface area contributed by atoms with Gasteiger partial charge in [-0.2, -0.15) is 0 Å². The van der Waals surface area contributed by atoms with Crippen molar-refractivity contribution in [1.82, 2.24) is 15.2 Å². The Hall–Kier alpha value is -3.12. The van der Waals surface area contributed by atoms with Crippen molar-refractivity contribution in [3.8, 4) is 0 Å². The number of nitrogens with zero attached hydrogens (tertiary/aromatic N) is 2. The summed E-state index contributed by atoms with van der Waals surface area (Å²) in [6.07, 6.45) is 1.68. The first kappa shape index (κ1) is 19.6. The minimum Gasteiger partial charge on any atom is -0.348 e. The fourth-order valence-electron chi connectivity index (χ4n) is 2.55. The Morgan fingerprint density at radius 1 is 0.964 bits per heavy atom. The molecule has 5 nitrogen and oxygen atoms in total. The van der Waals surface area contributed by atoms with E-state index in [9.17, 15) is 9.59 Å². The van der Waals surface area contributed by atoms with Crippen LogP contribution in [0.2, 0.25) is 0 Å². The molecule has 3 rings (SSSR count). The lowest BCUT2D eigenvalue weighted by atomic mass is 10.1. The van der Waals surface area contributed by atoms with E-state index in [0.29, 0.717) is 22.7 Å². The minimum atomic E-state index is -0.181. The van der Waals surface area contributed by atoms with Gasteiger partial charge in [0.2, 0.25) is 0 Å². The van der Waals surface area contributed by atoms with Gasteiger partial charge in [0.05, 0.1) is 5.56 Å². The monoisotopic (exact) mass is 391 g/mol. The zero-order valence-corrected chi connectivity index (χ0v) is 16.6. The minimum absolute atomic E-state index is 0.0477. The Morgan fingerprint density at radius 2 is 1.68 bits per heavy atom. The summed E-state index contributed by atoms with van der Waals surface area (Å²) in [4.78, 5) is 31.5. The van der Waals surface area contributed by atoms with Gasteiger partial charge < -0.3 is 10.2 Å². The topological polar surface area (TPSA) is 62.3 Å². The first-order chi connectivity index (χ1) is 13.5. The van der Waals surface area contributed by atoms with Crippen LogP contribution < -0.4 is 5.32 Å². The Kier molecular flexibility index (Phi) is 6.45. The molecule has 28 heavy (non-hydrogen) atoms. The molecule has 0 aliphatic heterocycles. The fourth-order valence-corrected chi connectivity index (χ4v) is 3.45. The maximum atomic E-state index is 12.7. The van der Waals surface area contributed by atoms with Crippen molar-refractivity contribution >= 4 is 23.6 Å². The van der Waals surface area contributed by atoms with Crippen LogP contribution in [0, 0.1) is 0 Å². The van der Waals surface area contributed by atoms with Gasteiger partial charge >= 0.3 is 0 Å². The van der Waals surface area contributed by atoms with E-state index in [-0.39, 0.29) is 11.8 Å². The summed E-state index contributed by atoms with van der Waals surface area (Å²) in [5.74, 6) is -0.228. The maximum Gasteiger partial charge on any atom is 0.254 e. The number of amides is 2. The zero-order valence-electron chi connectivity index (χ0n) is 15.8. The molecule has 0 bridgehead atoms. The smallest absolute Gasteiger partial charge is 0.254 e. The Bertz CT molecular complexity index is 957. The van der Waals surface area contributed by atoms with Gasteiger partial charge in [0.1, 0.15) is 5.03 Å². The molecule has 0 fully saturated rings. The van der Waals surface area contributed by atoms with Crippen molar-refractivity contribution in [2.24, 2.45) is 0 Å². The molecule has 3 aromatic rings. The summed E-state index contributed by atoms with van der Waals surface area (Å²) in [6, 6.07) is 20.6. The van der Waals surface area contributed by atoms with Crippen molar-refractivity contribution in [3.63, 3.8) is 0 Å². The van der Waals surface area contributed by atoms with E-state index < -0.39 is 0 Å². The van der Waals surface area contributed by atoms with Gasteiger partial charge in [0, 0.05) is 37.3 Å². The summed E-state index contributed by atoms with van der Waals surface area (Å²) in [5.41, 5.74) is 2.08. The third-order valence-electron chi connectivity index (χ3n) is 4.03. The second kappa shape index (κ2) is 9.19. The van der Waals surface area contributed by atoms with Crippen LogP contribution in [-0.4, -0.2) is 35.8 Å². The van der Waals surface area contributed by atoms with E-state index >= 15 is 0 Å². The molecule has 0 atom stereocenters. The van der Waals surface area contributed by atoms with Crippen LogP contribution in [0.1, 0.15) is 26.3 Å². The number of rotatable bonds is 6. The molecule has 1 aromatic heterocycles. The second-order valence-corrected chi connectivity index (χ2v) is 7.41. The summed E-state index contributed by atoms with van der Waals surface area (Å²) >= 11 is 1.46. The third kappa shape index (κ3) is 4.98. The van der Waals surface area contributed by atoms with Gasteiger partial charge in [0.15, 0.2) is 0 Å². The molecule has 0 unspecified atom stereocenters. The predicted octanol–water partition coefficient (Wildman–Crippen LogP) is 3.86. The van der Waals surface area contributed by atoms with Crippen LogP contribution in [-0.2, 0) is 6.54 Å². The number of aromatic nitrogens is 1. The molecule has 0 spiro atoms. The number of carbonyl (C=O) groups is 2. The van der Waals surface area contributed by atoms with Gasteiger partial charge in [-0.25, -0.2) is 4.98 Å². The average molecular weight is 391 g/mol. The lowest BCUT2D eigenvalue weighted by Crippen LogP contribution is -2.24. The number of hydrogen-bond donors (Lipinski definition) is 1. The molecule has 0 saturated heterocycles. The van der Waals surface area contributed by atoms with Crippen molar-refractivity contribution in [1.29, 1.82) is 0 Å². The Balaban J connectivity index is 1.66. The van der Waals surface area contributed by atoms with Crippen molar-refractivity contribution in [2.75, 3.05) is 14.1 Å². The van der Waals surface area contributed by atoms with Gasteiger partial charge in [-0.1, -0.05) is 42.1 Å². The van der Waals surface area contributed by atoms with Crippen LogP contribution in [0.5, 0.6) is 0 Å². The fraction of sp³-hybridized carbons (Fsp3) is 0.136. The quantitative estimate of drug-likeness (QED) is 0.693. The van der Waals surface area contributed by atoms with E-state index in [1.54, 1.807) is 44.6 Å². The molecular weight excluding hydrogens is 370 g/mol. The molecule has 0 saturated carbocycles. The summed E-state index contributed by atoms with van der Waals surface area (Å²) in [7, 11) is 3.44. The first-order valence-electron chi connectivity index (χ1n) is 8.81. The summed E-state index contributed by atoms with van der Waals surface area (Å²) in [6.45, 7) is 0.375. The van der Waals surface area contributed by atoms with E-state index in [1.807, 2.05) is 42.5 Å². The molecule has 0 aliphatic rings. The summed E-state index contributed by atoms with van der Waals surface area (Å²) < 4.78 is 0. The molecule has 0 radical (unpaired) electrons. The van der Waals surface area contributed by atoms with Gasteiger partial charge in [-0.05, 0) is 42.0 Å². The molecule has 2 aromatic carbocycles. The molecule has 1 N–H and O–H groups in total. The van der Waals surface area contributed by atoms with E-state index in [2.05, 4.69) is 10.3 Å². The molecule has 1 heterocycles. The second-order valence-electron chi connectivity index (χ2n) is 6.35. The number of carbonyl (C=O) groups excluding carboxylic acids is 2. The highest BCUT2D eigenvalue weighted by Gasteiger charge is 2.13. The number of nitrogens with one attached hydrogen (secondary N) is 1. The highest BCUT2D eigenvalue weighted by atomic mass is 32.2. The Morgan fingerprint density at radius 3 is 2.36 bits per heavy atom. The van der Waals surface area contributed by atoms with Crippen LogP contribution in [0.3, 0.4) is 0 Å². The first-order valence-corrected chi connectivity index (χ1v) is 9.63. The molecular formula is C22H21N3O2S. The van der Waals surface area contributed by atoms with Crippen LogP contribution in [0.4, 0.5) is 0 Å². The highest BCUT2D eigenvalue weighted by Crippen LogP contribution is 2.28. The third-order valence-corrected chi connectivity index (χ3v) is 5.06. The van der Waals surface area contributed by atoms with Gasteiger partial charge in [-0.15, -0.1) is 0 Å². The molecule has 2 amide bonds. The van der Waals surface area contributed by atoms with Crippen molar-refractivity contribution in [3.05, 3.63) is 89.6 Å². The Labute approximate surface area is 168 Å². The van der Waals surface area contributed by atoms with Crippen molar-refractivity contribution < 1.29 is 9.59 Å². The molecule has 0 aliphatic carbocycles. The highest BCUT2D eigenvalue weighted by molar-refractivity contribution is 7.99. The maximum absolute atomic E-state index is 12.7. The van der Waals surface area contributed by atoms with Crippen LogP contribution in [0.25, 0.3) is 0 Å². The van der Waals surface area contributed by atoms with Crippen molar-refractivity contribution in [2.45, 2.75) is 16.5 Å². The van der Waals surface area contributed by atoms with Crippen LogP contribution >= 0.6 is 11.8 Å².